The van der Waals surface area contributed by atoms with Crippen LogP contribution in [0.25, 0.3) is 0 Å². The van der Waals surface area contributed by atoms with E-state index < -0.39 is 5.97 Å². The van der Waals surface area contributed by atoms with Gasteiger partial charge in [0.2, 0.25) is 0 Å². The van der Waals surface area contributed by atoms with E-state index in [4.69, 9.17) is 9.47 Å². The lowest BCUT2D eigenvalue weighted by atomic mass is 9.85. The van der Waals surface area contributed by atoms with Crippen LogP contribution in [0.1, 0.15) is 31.9 Å². The molecule has 0 aliphatic rings. The number of carbonyl (C=O) groups is 1. The Balaban J connectivity index is 2.08. The summed E-state index contributed by atoms with van der Waals surface area (Å²) >= 11 is 6.78. The topological polar surface area (TPSA) is 35.5 Å². The first-order chi connectivity index (χ1) is 11.2. The average molecular weight is 456 g/mol. The minimum Gasteiger partial charge on any atom is -0.481 e. The molecule has 0 amide bonds. The van der Waals surface area contributed by atoms with Gasteiger partial charge in [0.25, 0.3) is 0 Å². The number of hydrogen-bond donors (Lipinski definition) is 0. The number of hydrogen-bond acceptors (Lipinski definition) is 3. The Hall–Kier alpha value is -1.33. The maximum Gasteiger partial charge on any atom is 0.349 e. The average Bonchev–Trinajstić information content (AvgIpc) is 2.47. The monoisotopic (exact) mass is 454 g/mol. The van der Waals surface area contributed by atoms with Crippen LogP contribution >= 0.6 is 31.9 Å². The van der Waals surface area contributed by atoms with Gasteiger partial charge in [-0.2, -0.15) is 0 Å². The van der Waals surface area contributed by atoms with Crippen molar-refractivity contribution in [3.8, 4) is 11.5 Å². The fraction of sp³-hybridized carbons (Fsp3) is 0.316. The molecule has 0 aromatic heterocycles. The molecule has 0 aliphatic heterocycles. The highest BCUT2D eigenvalue weighted by Gasteiger charge is 2.21. The van der Waals surface area contributed by atoms with Gasteiger partial charge in [0, 0.05) is 10.0 Å². The molecule has 0 saturated carbocycles. The minimum absolute atomic E-state index is 0.114. The van der Waals surface area contributed by atoms with Crippen molar-refractivity contribution in [3.63, 3.8) is 0 Å². The van der Waals surface area contributed by atoms with Gasteiger partial charge in [-0.1, -0.05) is 54.4 Å². The number of esters is 1. The van der Waals surface area contributed by atoms with Gasteiger partial charge >= 0.3 is 5.97 Å². The summed E-state index contributed by atoms with van der Waals surface area (Å²) in [6.07, 6.45) is 0. The third-order valence-electron chi connectivity index (χ3n) is 3.41. The Kier molecular flexibility index (Phi) is 6.10. The number of carbonyl (C=O) groups excluding carboxylic acids is 1. The molecule has 0 atom stereocenters. The van der Waals surface area contributed by atoms with E-state index in [1.807, 2.05) is 31.2 Å². The molecular formula is C19H20Br2O3. The molecule has 0 N–H and O–H groups in total. The maximum absolute atomic E-state index is 12.2. The predicted octanol–water partition coefficient (Wildman–Crippen LogP) is 5.80. The largest absolute Gasteiger partial charge is 0.481 e. The molecule has 0 aliphatic carbocycles. The van der Waals surface area contributed by atoms with Crippen molar-refractivity contribution >= 4 is 37.8 Å². The zero-order valence-corrected chi connectivity index (χ0v) is 17.3. The molecule has 0 unspecified atom stereocenters. The molecule has 2 rings (SSSR count). The summed E-state index contributed by atoms with van der Waals surface area (Å²) in [7, 11) is 0. The molecular weight excluding hydrogens is 436 g/mol. The fourth-order valence-electron chi connectivity index (χ4n) is 2.20. The van der Waals surface area contributed by atoms with E-state index in [1.165, 1.54) is 0 Å². The SMILES string of the molecule is Cc1ccc(OC(=O)COc2ccc(Br)cc2Br)c(C(C)(C)C)c1. The summed E-state index contributed by atoms with van der Waals surface area (Å²) in [4.78, 5) is 12.2. The number of aryl methyl sites for hydroxylation is 1. The molecule has 24 heavy (non-hydrogen) atoms. The van der Waals surface area contributed by atoms with Crippen LogP contribution in [0.5, 0.6) is 11.5 Å². The zero-order chi connectivity index (χ0) is 17.9. The first kappa shape index (κ1) is 19.0. The van der Waals surface area contributed by atoms with Crippen LogP contribution < -0.4 is 9.47 Å². The third-order valence-corrected chi connectivity index (χ3v) is 4.52. The highest BCUT2D eigenvalue weighted by Crippen LogP contribution is 2.32. The molecule has 0 spiro atoms. The molecule has 128 valence electrons. The van der Waals surface area contributed by atoms with Crippen molar-refractivity contribution in [1.29, 1.82) is 0 Å². The standard InChI is InChI=1S/C19H20Br2O3/c1-12-5-7-16(14(9-12)19(2,3)4)24-18(22)11-23-17-8-6-13(20)10-15(17)21/h5-10H,11H2,1-4H3. The van der Waals surface area contributed by atoms with Crippen molar-refractivity contribution in [2.24, 2.45) is 0 Å². The van der Waals surface area contributed by atoms with Crippen LogP contribution in [0.2, 0.25) is 0 Å². The Bertz CT molecular complexity index is 749. The number of ether oxygens (including phenoxy) is 2. The smallest absolute Gasteiger partial charge is 0.349 e. The molecule has 0 bridgehead atoms. The lowest BCUT2D eigenvalue weighted by Gasteiger charge is -2.22. The Labute approximate surface area is 159 Å². The van der Waals surface area contributed by atoms with Crippen LogP contribution in [0.3, 0.4) is 0 Å². The van der Waals surface area contributed by atoms with E-state index in [2.05, 4.69) is 58.7 Å². The summed E-state index contributed by atoms with van der Waals surface area (Å²) in [5.41, 5.74) is 2.02. The van der Waals surface area contributed by atoms with Crippen molar-refractivity contribution in [2.45, 2.75) is 33.1 Å². The normalized spacial score (nSPS) is 11.2. The van der Waals surface area contributed by atoms with Gasteiger partial charge in [-0.25, -0.2) is 4.79 Å². The zero-order valence-electron chi connectivity index (χ0n) is 14.2. The maximum atomic E-state index is 12.2. The van der Waals surface area contributed by atoms with E-state index in [-0.39, 0.29) is 12.0 Å². The van der Waals surface area contributed by atoms with E-state index in [1.54, 1.807) is 6.07 Å². The van der Waals surface area contributed by atoms with Crippen molar-refractivity contribution < 1.29 is 14.3 Å². The first-order valence-electron chi connectivity index (χ1n) is 7.56. The van der Waals surface area contributed by atoms with Crippen LogP contribution in [0, 0.1) is 6.92 Å². The van der Waals surface area contributed by atoms with Gasteiger partial charge in [-0.15, -0.1) is 0 Å². The van der Waals surface area contributed by atoms with E-state index in [0.717, 1.165) is 20.1 Å². The van der Waals surface area contributed by atoms with Gasteiger partial charge in [-0.05, 0) is 52.5 Å². The lowest BCUT2D eigenvalue weighted by molar-refractivity contribution is -0.136. The van der Waals surface area contributed by atoms with Crippen LogP contribution in [-0.2, 0) is 10.2 Å². The Morgan fingerprint density at radius 2 is 1.71 bits per heavy atom. The lowest BCUT2D eigenvalue weighted by Crippen LogP contribution is -2.21. The molecule has 0 heterocycles. The fourth-order valence-corrected chi connectivity index (χ4v) is 3.36. The van der Waals surface area contributed by atoms with Crippen molar-refractivity contribution in [3.05, 3.63) is 56.5 Å². The molecule has 3 nitrogen and oxygen atoms in total. The van der Waals surface area contributed by atoms with E-state index >= 15 is 0 Å². The summed E-state index contributed by atoms with van der Waals surface area (Å²) < 4.78 is 12.8. The number of rotatable bonds is 4. The van der Waals surface area contributed by atoms with Gasteiger partial charge in [-0.3, -0.25) is 0 Å². The van der Waals surface area contributed by atoms with Crippen molar-refractivity contribution in [1.82, 2.24) is 0 Å². The second-order valence-electron chi connectivity index (χ2n) is 6.59. The highest BCUT2D eigenvalue weighted by atomic mass is 79.9. The predicted molar refractivity (Wildman–Crippen MR) is 103 cm³/mol. The summed E-state index contributed by atoms with van der Waals surface area (Å²) in [5, 5.41) is 0. The van der Waals surface area contributed by atoms with Crippen LogP contribution in [-0.4, -0.2) is 12.6 Å². The summed E-state index contributed by atoms with van der Waals surface area (Å²) in [5.74, 6) is 0.742. The van der Waals surface area contributed by atoms with E-state index in [9.17, 15) is 4.79 Å². The number of benzene rings is 2. The molecule has 0 fully saturated rings. The van der Waals surface area contributed by atoms with Gasteiger partial charge in [0.15, 0.2) is 6.61 Å². The highest BCUT2D eigenvalue weighted by molar-refractivity contribution is 9.11. The van der Waals surface area contributed by atoms with Gasteiger partial charge in [0.05, 0.1) is 4.47 Å². The first-order valence-corrected chi connectivity index (χ1v) is 9.15. The molecule has 2 aromatic rings. The molecule has 0 saturated heterocycles. The van der Waals surface area contributed by atoms with E-state index in [0.29, 0.717) is 11.5 Å². The van der Waals surface area contributed by atoms with Crippen LogP contribution in [0.4, 0.5) is 0 Å². The van der Waals surface area contributed by atoms with Crippen molar-refractivity contribution in [2.75, 3.05) is 6.61 Å². The Morgan fingerprint density at radius 3 is 2.33 bits per heavy atom. The quantitative estimate of drug-likeness (QED) is 0.431. The summed E-state index contributed by atoms with van der Waals surface area (Å²) in [6, 6.07) is 11.3. The molecule has 0 radical (unpaired) electrons. The summed E-state index contributed by atoms with van der Waals surface area (Å²) in [6.45, 7) is 8.14. The molecule has 5 heteroatoms. The third kappa shape index (κ3) is 5.08. The Morgan fingerprint density at radius 1 is 1.04 bits per heavy atom. The number of halogens is 2. The van der Waals surface area contributed by atoms with Gasteiger partial charge < -0.3 is 9.47 Å². The minimum atomic E-state index is -0.431. The van der Waals surface area contributed by atoms with Crippen LogP contribution in [0.15, 0.2) is 45.3 Å². The second-order valence-corrected chi connectivity index (χ2v) is 8.36. The second kappa shape index (κ2) is 7.70. The van der Waals surface area contributed by atoms with Gasteiger partial charge in [0.1, 0.15) is 11.5 Å². The molecule has 2 aromatic carbocycles.